The number of anilines is 1. The lowest BCUT2D eigenvalue weighted by Gasteiger charge is -2.11. The zero-order chi connectivity index (χ0) is 16.2. The van der Waals surface area contributed by atoms with Crippen LogP contribution in [0.5, 0.6) is 0 Å². The van der Waals surface area contributed by atoms with Crippen molar-refractivity contribution in [2.24, 2.45) is 0 Å². The van der Waals surface area contributed by atoms with E-state index in [-0.39, 0.29) is 11.7 Å². The molecule has 3 aromatic heterocycles. The van der Waals surface area contributed by atoms with E-state index in [1.54, 1.807) is 24.3 Å². The molecular weight excluding hydrogens is 336 g/mol. The summed E-state index contributed by atoms with van der Waals surface area (Å²) < 4.78 is 4.98. The number of carbonyl (C=O) groups is 2. The van der Waals surface area contributed by atoms with Crippen molar-refractivity contribution < 1.29 is 14.0 Å². The molecule has 118 valence electrons. The fourth-order valence-electron chi connectivity index (χ4n) is 1.73. The highest BCUT2D eigenvalue weighted by Gasteiger charge is 2.19. The molecular formula is C14H12N4O3S2. The number of amides is 2. The van der Waals surface area contributed by atoms with Crippen molar-refractivity contribution >= 4 is 39.6 Å². The van der Waals surface area contributed by atoms with Gasteiger partial charge in [-0.2, -0.15) is 11.3 Å². The first-order valence-corrected chi connectivity index (χ1v) is 8.40. The van der Waals surface area contributed by atoms with Crippen molar-refractivity contribution in [3.8, 4) is 10.6 Å². The molecule has 3 aromatic rings. The molecule has 9 heteroatoms. The number of hydrogen-bond donors (Lipinski definition) is 2. The van der Waals surface area contributed by atoms with Crippen LogP contribution in [-0.4, -0.2) is 28.1 Å². The Hall–Kier alpha value is -2.52. The molecule has 0 aliphatic rings. The summed E-state index contributed by atoms with van der Waals surface area (Å²) in [4.78, 5) is 23.9. The van der Waals surface area contributed by atoms with E-state index in [1.807, 2.05) is 16.8 Å². The van der Waals surface area contributed by atoms with Crippen molar-refractivity contribution in [1.82, 2.24) is 15.5 Å². The number of nitrogens with one attached hydrogen (secondary N) is 2. The van der Waals surface area contributed by atoms with Gasteiger partial charge >= 0.3 is 0 Å². The van der Waals surface area contributed by atoms with Crippen molar-refractivity contribution in [3.05, 3.63) is 41.0 Å². The molecule has 3 heterocycles. The fraction of sp³-hybridized carbons (Fsp3) is 0.143. The zero-order valence-electron chi connectivity index (χ0n) is 12.0. The van der Waals surface area contributed by atoms with Gasteiger partial charge in [-0.15, -0.1) is 10.2 Å². The van der Waals surface area contributed by atoms with Crippen LogP contribution in [0.2, 0.25) is 0 Å². The van der Waals surface area contributed by atoms with Gasteiger partial charge in [-0.1, -0.05) is 11.3 Å². The third-order valence-electron chi connectivity index (χ3n) is 2.91. The van der Waals surface area contributed by atoms with Crippen LogP contribution in [0.4, 0.5) is 5.13 Å². The number of nitrogens with zero attached hydrogens (tertiary/aromatic N) is 2. The number of rotatable bonds is 5. The number of aromatic nitrogens is 2. The van der Waals surface area contributed by atoms with Gasteiger partial charge in [-0.25, -0.2) is 0 Å². The molecule has 2 amide bonds. The lowest BCUT2D eigenvalue weighted by atomic mass is 10.3. The molecule has 0 aromatic carbocycles. The minimum Gasteiger partial charge on any atom is -0.459 e. The van der Waals surface area contributed by atoms with Crippen LogP contribution in [0.25, 0.3) is 10.6 Å². The summed E-state index contributed by atoms with van der Waals surface area (Å²) >= 11 is 2.84. The van der Waals surface area contributed by atoms with Gasteiger partial charge in [0.25, 0.3) is 5.91 Å². The van der Waals surface area contributed by atoms with Gasteiger partial charge in [-0.05, 0) is 30.5 Å². The predicted octanol–water partition coefficient (Wildman–Crippen LogP) is 2.62. The molecule has 0 spiro atoms. The summed E-state index contributed by atoms with van der Waals surface area (Å²) in [6, 6.07) is 4.33. The van der Waals surface area contributed by atoms with Crippen LogP contribution >= 0.6 is 22.7 Å². The molecule has 0 fully saturated rings. The Morgan fingerprint density at radius 3 is 2.87 bits per heavy atom. The minimum atomic E-state index is -0.735. The maximum Gasteiger partial charge on any atom is 0.287 e. The topological polar surface area (TPSA) is 97.1 Å². The summed E-state index contributed by atoms with van der Waals surface area (Å²) in [5.74, 6) is -0.674. The third-order valence-corrected chi connectivity index (χ3v) is 4.48. The van der Waals surface area contributed by atoms with Crippen LogP contribution in [0.1, 0.15) is 17.5 Å². The van der Waals surface area contributed by atoms with E-state index in [0.29, 0.717) is 5.13 Å². The smallest absolute Gasteiger partial charge is 0.287 e. The molecule has 0 aliphatic carbocycles. The van der Waals surface area contributed by atoms with E-state index < -0.39 is 11.9 Å². The van der Waals surface area contributed by atoms with Crippen LogP contribution in [0.3, 0.4) is 0 Å². The van der Waals surface area contributed by atoms with Gasteiger partial charge in [0.05, 0.1) is 6.26 Å². The maximum atomic E-state index is 12.1. The Morgan fingerprint density at radius 2 is 2.17 bits per heavy atom. The van der Waals surface area contributed by atoms with E-state index in [4.69, 9.17) is 4.42 Å². The third kappa shape index (κ3) is 3.63. The molecule has 7 nitrogen and oxygen atoms in total. The van der Waals surface area contributed by atoms with Crippen molar-refractivity contribution in [3.63, 3.8) is 0 Å². The summed E-state index contributed by atoms with van der Waals surface area (Å²) in [6.07, 6.45) is 1.40. The lowest BCUT2D eigenvalue weighted by molar-refractivity contribution is -0.117. The van der Waals surface area contributed by atoms with Gasteiger partial charge in [-0.3, -0.25) is 14.9 Å². The first-order valence-electron chi connectivity index (χ1n) is 6.65. The molecule has 0 bridgehead atoms. The minimum absolute atomic E-state index is 0.153. The number of furan rings is 1. The normalized spacial score (nSPS) is 11.9. The molecule has 0 unspecified atom stereocenters. The molecule has 23 heavy (non-hydrogen) atoms. The summed E-state index contributed by atoms with van der Waals surface area (Å²) in [7, 11) is 0. The highest BCUT2D eigenvalue weighted by molar-refractivity contribution is 7.19. The lowest BCUT2D eigenvalue weighted by Crippen LogP contribution is -2.41. The van der Waals surface area contributed by atoms with Gasteiger partial charge in [0.1, 0.15) is 11.0 Å². The van der Waals surface area contributed by atoms with Crippen LogP contribution in [0, 0.1) is 0 Å². The van der Waals surface area contributed by atoms with Crippen molar-refractivity contribution in [1.29, 1.82) is 0 Å². The van der Waals surface area contributed by atoms with Crippen LogP contribution in [0.15, 0.2) is 39.6 Å². The molecule has 3 rings (SSSR count). The predicted molar refractivity (Wildman–Crippen MR) is 87.5 cm³/mol. The molecule has 2 N–H and O–H groups in total. The zero-order valence-corrected chi connectivity index (χ0v) is 13.6. The van der Waals surface area contributed by atoms with Crippen molar-refractivity contribution in [2.75, 3.05) is 5.32 Å². The highest BCUT2D eigenvalue weighted by Crippen LogP contribution is 2.27. The van der Waals surface area contributed by atoms with Gasteiger partial charge < -0.3 is 9.73 Å². The summed E-state index contributed by atoms with van der Waals surface area (Å²) in [5.41, 5.74) is 0.965. The SMILES string of the molecule is C[C@@H](NC(=O)c1ccco1)C(=O)Nc1nnc(-c2ccsc2)s1. The Kier molecular flexibility index (Phi) is 4.49. The van der Waals surface area contributed by atoms with Crippen LogP contribution in [-0.2, 0) is 4.79 Å². The number of hydrogen-bond acceptors (Lipinski definition) is 7. The van der Waals surface area contributed by atoms with E-state index >= 15 is 0 Å². The maximum absolute atomic E-state index is 12.1. The highest BCUT2D eigenvalue weighted by atomic mass is 32.1. The Morgan fingerprint density at radius 1 is 1.30 bits per heavy atom. The van der Waals surface area contributed by atoms with E-state index in [1.165, 1.54) is 23.7 Å². The molecule has 0 saturated heterocycles. The monoisotopic (exact) mass is 348 g/mol. The Labute approximate surface area is 139 Å². The molecule has 0 aliphatic heterocycles. The summed E-state index contributed by atoms with van der Waals surface area (Å²) in [5, 5.41) is 18.2. The van der Waals surface area contributed by atoms with E-state index in [2.05, 4.69) is 20.8 Å². The average Bonchev–Trinajstić information content (AvgIpc) is 3.28. The Balaban J connectivity index is 1.59. The average molecular weight is 348 g/mol. The number of thiophene rings is 1. The Bertz CT molecular complexity index is 796. The molecule has 0 saturated carbocycles. The quantitative estimate of drug-likeness (QED) is 0.739. The van der Waals surface area contributed by atoms with E-state index in [9.17, 15) is 9.59 Å². The second kappa shape index (κ2) is 6.71. The standard InChI is InChI=1S/C14H12N4O3S2/c1-8(15-12(20)10-3-2-5-21-10)11(19)16-14-18-17-13(23-14)9-4-6-22-7-9/h2-8H,1H3,(H,15,20)(H,16,18,19)/t8-/m1/s1. The second-order valence-corrected chi connectivity index (χ2v) is 6.34. The fourth-order valence-corrected chi connectivity index (χ4v) is 3.19. The van der Waals surface area contributed by atoms with Gasteiger partial charge in [0.2, 0.25) is 11.0 Å². The van der Waals surface area contributed by atoms with E-state index in [0.717, 1.165) is 10.6 Å². The summed E-state index contributed by atoms with van der Waals surface area (Å²) in [6.45, 7) is 1.58. The van der Waals surface area contributed by atoms with Crippen LogP contribution < -0.4 is 10.6 Å². The molecule has 0 radical (unpaired) electrons. The second-order valence-electron chi connectivity index (χ2n) is 4.59. The number of carbonyl (C=O) groups excluding carboxylic acids is 2. The van der Waals surface area contributed by atoms with Crippen molar-refractivity contribution in [2.45, 2.75) is 13.0 Å². The largest absolute Gasteiger partial charge is 0.459 e. The van der Waals surface area contributed by atoms with Gasteiger partial charge in [0.15, 0.2) is 5.76 Å². The molecule has 1 atom stereocenters. The van der Waals surface area contributed by atoms with Gasteiger partial charge in [0, 0.05) is 10.9 Å². The first kappa shape index (κ1) is 15.4. The first-order chi connectivity index (χ1) is 11.1.